The lowest BCUT2D eigenvalue weighted by Gasteiger charge is -2.18. The van der Waals surface area contributed by atoms with Crippen molar-refractivity contribution in [1.29, 1.82) is 0 Å². The van der Waals surface area contributed by atoms with E-state index in [2.05, 4.69) is 25.8 Å². The second-order valence-corrected chi connectivity index (χ2v) is 4.89. The maximum Gasteiger partial charge on any atom is 0.127 e. The van der Waals surface area contributed by atoms with Crippen LogP contribution in [0.2, 0.25) is 0 Å². The lowest BCUT2D eigenvalue weighted by Crippen LogP contribution is -2.15. The number of nitrogens with zero attached hydrogens (tertiary/aromatic N) is 1. The van der Waals surface area contributed by atoms with Crippen molar-refractivity contribution >= 4 is 11.6 Å². The summed E-state index contributed by atoms with van der Waals surface area (Å²) in [5, 5.41) is 0. The molecule has 0 radical (unpaired) electrons. The van der Waals surface area contributed by atoms with E-state index in [1.165, 1.54) is 0 Å². The second kappa shape index (κ2) is 6.09. The summed E-state index contributed by atoms with van der Waals surface area (Å²) in [6.07, 6.45) is 3.05. The minimum atomic E-state index is 0.212. The zero-order valence-electron chi connectivity index (χ0n) is 10.5. The molecule has 0 saturated heterocycles. The first-order valence-electron chi connectivity index (χ1n) is 5.71. The smallest absolute Gasteiger partial charge is 0.127 e. The van der Waals surface area contributed by atoms with Gasteiger partial charge in [-0.25, -0.2) is 0 Å². The maximum absolute atomic E-state index is 5.90. The standard InChI is InChI=1S/C13H20ClNO/c1-9(2)5-11(4)16-13-6-10(3)15-8-12(13)7-14/h6,8-9,11H,5,7H2,1-4H3. The van der Waals surface area contributed by atoms with Gasteiger partial charge in [-0.3, -0.25) is 4.98 Å². The van der Waals surface area contributed by atoms with E-state index in [-0.39, 0.29) is 6.10 Å². The van der Waals surface area contributed by atoms with Gasteiger partial charge in [-0.2, -0.15) is 0 Å². The third kappa shape index (κ3) is 4.01. The molecule has 0 fully saturated rings. The van der Waals surface area contributed by atoms with Gasteiger partial charge in [0.15, 0.2) is 0 Å². The average molecular weight is 242 g/mol. The summed E-state index contributed by atoms with van der Waals surface area (Å²) in [7, 11) is 0. The monoisotopic (exact) mass is 241 g/mol. The van der Waals surface area contributed by atoms with Crippen LogP contribution in [0.3, 0.4) is 0 Å². The van der Waals surface area contributed by atoms with Gasteiger partial charge in [0.05, 0.1) is 12.0 Å². The Labute approximate surface area is 103 Å². The van der Waals surface area contributed by atoms with Crippen molar-refractivity contribution in [2.45, 2.75) is 46.1 Å². The van der Waals surface area contributed by atoms with Crippen LogP contribution in [0.4, 0.5) is 0 Å². The molecule has 1 unspecified atom stereocenters. The van der Waals surface area contributed by atoms with E-state index in [4.69, 9.17) is 16.3 Å². The van der Waals surface area contributed by atoms with Crippen LogP contribution in [-0.2, 0) is 5.88 Å². The average Bonchev–Trinajstić information content (AvgIpc) is 2.16. The number of hydrogen-bond acceptors (Lipinski definition) is 2. The van der Waals surface area contributed by atoms with Crippen LogP contribution in [-0.4, -0.2) is 11.1 Å². The largest absolute Gasteiger partial charge is 0.490 e. The van der Waals surface area contributed by atoms with Gasteiger partial charge in [-0.05, 0) is 26.2 Å². The van der Waals surface area contributed by atoms with Gasteiger partial charge in [0.25, 0.3) is 0 Å². The van der Waals surface area contributed by atoms with Crippen LogP contribution in [0.1, 0.15) is 38.4 Å². The van der Waals surface area contributed by atoms with Crippen LogP contribution >= 0.6 is 11.6 Å². The van der Waals surface area contributed by atoms with E-state index in [0.29, 0.717) is 11.8 Å². The molecule has 1 heterocycles. The summed E-state index contributed by atoms with van der Waals surface area (Å²) in [4.78, 5) is 4.21. The van der Waals surface area contributed by atoms with E-state index >= 15 is 0 Å². The molecule has 2 nitrogen and oxygen atoms in total. The Morgan fingerprint density at radius 3 is 2.62 bits per heavy atom. The fourth-order valence-corrected chi connectivity index (χ4v) is 1.90. The third-order valence-corrected chi connectivity index (χ3v) is 2.64. The molecule has 0 aliphatic rings. The summed E-state index contributed by atoms with van der Waals surface area (Å²) in [6.45, 7) is 8.44. The number of aromatic nitrogens is 1. The zero-order chi connectivity index (χ0) is 12.1. The molecule has 3 heteroatoms. The molecule has 1 aromatic rings. The van der Waals surface area contributed by atoms with Gasteiger partial charge in [-0.15, -0.1) is 11.6 Å². The minimum absolute atomic E-state index is 0.212. The van der Waals surface area contributed by atoms with Crippen molar-refractivity contribution in [3.05, 3.63) is 23.5 Å². The fourth-order valence-electron chi connectivity index (χ4n) is 1.70. The van der Waals surface area contributed by atoms with Gasteiger partial charge in [0.1, 0.15) is 5.75 Å². The number of alkyl halides is 1. The number of aryl methyl sites for hydroxylation is 1. The molecule has 1 atom stereocenters. The Kier molecular flexibility index (Phi) is 5.07. The first-order chi connectivity index (χ1) is 7.52. The van der Waals surface area contributed by atoms with Gasteiger partial charge >= 0.3 is 0 Å². The summed E-state index contributed by atoms with van der Waals surface area (Å²) in [5.74, 6) is 1.95. The van der Waals surface area contributed by atoms with Crippen LogP contribution in [0, 0.1) is 12.8 Å². The van der Waals surface area contributed by atoms with Crippen LogP contribution < -0.4 is 4.74 Å². The molecule has 0 spiro atoms. The molecule has 0 saturated carbocycles. The Balaban J connectivity index is 2.74. The maximum atomic E-state index is 5.90. The van der Waals surface area contributed by atoms with Gasteiger partial charge < -0.3 is 4.74 Å². The van der Waals surface area contributed by atoms with Crippen LogP contribution in [0.5, 0.6) is 5.75 Å². The van der Waals surface area contributed by atoms with E-state index in [0.717, 1.165) is 23.4 Å². The summed E-state index contributed by atoms with van der Waals surface area (Å²) in [5.41, 5.74) is 1.92. The Bertz CT molecular complexity index is 339. The molecule has 0 N–H and O–H groups in total. The third-order valence-electron chi connectivity index (χ3n) is 2.36. The van der Waals surface area contributed by atoms with Crippen molar-refractivity contribution in [3.63, 3.8) is 0 Å². The fraction of sp³-hybridized carbons (Fsp3) is 0.615. The molecule has 0 aromatic carbocycles. The molecule has 90 valence electrons. The molecule has 1 rings (SSSR count). The predicted octanol–water partition coefficient (Wildman–Crippen LogP) is 3.94. The van der Waals surface area contributed by atoms with Crippen molar-refractivity contribution in [1.82, 2.24) is 4.98 Å². The topological polar surface area (TPSA) is 22.1 Å². The molecule has 1 aromatic heterocycles. The normalized spacial score (nSPS) is 12.9. The predicted molar refractivity (Wildman–Crippen MR) is 68.1 cm³/mol. The van der Waals surface area contributed by atoms with Gasteiger partial charge in [0.2, 0.25) is 0 Å². The number of hydrogen-bond donors (Lipinski definition) is 0. The first kappa shape index (κ1) is 13.3. The lowest BCUT2D eigenvalue weighted by molar-refractivity contribution is 0.191. The van der Waals surface area contributed by atoms with Crippen molar-refractivity contribution in [2.75, 3.05) is 0 Å². The molecule has 0 aliphatic heterocycles. The summed E-state index contributed by atoms with van der Waals surface area (Å²) in [6, 6.07) is 1.95. The Morgan fingerprint density at radius 1 is 1.38 bits per heavy atom. The molecule has 0 bridgehead atoms. The molecule has 16 heavy (non-hydrogen) atoms. The van der Waals surface area contributed by atoms with E-state index in [1.54, 1.807) is 6.20 Å². The highest BCUT2D eigenvalue weighted by Crippen LogP contribution is 2.23. The highest BCUT2D eigenvalue weighted by Gasteiger charge is 2.10. The molecular formula is C13H20ClNO. The lowest BCUT2D eigenvalue weighted by atomic mass is 10.1. The summed E-state index contributed by atoms with van der Waals surface area (Å²) < 4.78 is 5.90. The highest BCUT2D eigenvalue weighted by atomic mass is 35.5. The number of pyridine rings is 1. The minimum Gasteiger partial charge on any atom is -0.490 e. The second-order valence-electron chi connectivity index (χ2n) is 4.63. The van der Waals surface area contributed by atoms with E-state index < -0.39 is 0 Å². The van der Waals surface area contributed by atoms with E-state index in [9.17, 15) is 0 Å². The van der Waals surface area contributed by atoms with Crippen molar-refractivity contribution < 1.29 is 4.74 Å². The zero-order valence-corrected chi connectivity index (χ0v) is 11.2. The van der Waals surface area contributed by atoms with Crippen molar-refractivity contribution in [2.24, 2.45) is 5.92 Å². The summed E-state index contributed by atoms with van der Waals surface area (Å²) >= 11 is 5.85. The molecule has 0 amide bonds. The SMILES string of the molecule is Cc1cc(OC(C)CC(C)C)c(CCl)cn1. The number of rotatable bonds is 5. The van der Waals surface area contributed by atoms with Gasteiger partial charge in [0, 0.05) is 23.5 Å². The van der Waals surface area contributed by atoms with E-state index in [1.807, 2.05) is 13.0 Å². The molecule has 0 aliphatic carbocycles. The van der Waals surface area contributed by atoms with Crippen LogP contribution in [0.25, 0.3) is 0 Å². The Hall–Kier alpha value is -0.760. The quantitative estimate of drug-likeness (QED) is 0.729. The Morgan fingerprint density at radius 2 is 2.06 bits per heavy atom. The highest BCUT2D eigenvalue weighted by molar-refractivity contribution is 6.17. The number of halogens is 1. The number of ether oxygens (including phenoxy) is 1. The van der Waals surface area contributed by atoms with Gasteiger partial charge in [-0.1, -0.05) is 13.8 Å². The van der Waals surface area contributed by atoms with Crippen LogP contribution in [0.15, 0.2) is 12.3 Å². The first-order valence-corrected chi connectivity index (χ1v) is 6.24. The molecular weight excluding hydrogens is 222 g/mol. The van der Waals surface area contributed by atoms with Crippen molar-refractivity contribution in [3.8, 4) is 5.75 Å².